The van der Waals surface area contributed by atoms with Crippen molar-refractivity contribution < 1.29 is 13.9 Å². The van der Waals surface area contributed by atoms with Gasteiger partial charge >= 0.3 is 0 Å². The summed E-state index contributed by atoms with van der Waals surface area (Å²) in [6.45, 7) is 4.24. The maximum absolute atomic E-state index is 13.2. The number of aliphatic imine (C=N–C) groups is 1. The van der Waals surface area contributed by atoms with Gasteiger partial charge in [-0.1, -0.05) is 24.3 Å². The normalized spacial score (nSPS) is 10.7. The summed E-state index contributed by atoms with van der Waals surface area (Å²) in [6, 6.07) is 13.8. The topological polar surface area (TPSA) is 74.8 Å². The zero-order valence-electron chi connectivity index (χ0n) is 16.7. The van der Waals surface area contributed by atoms with Crippen molar-refractivity contribution in [2.45, 2.75) is 19.9 Å². The van der Waals surface area contributed by atoms with Crippen LogP contribution in [0.2, 0.25) is 0 Å². The van der Waals surface area contributed by atoms with Gasteiger partial charge in [-0.15, -0.1) is 24.0 Å². The molecule has 1 amide bonds. The average molecular weight is 514 g/mol. The highest BCUT2D eigenvalue weighted by Gasteiger charge is 2.04. The number of ether oxygens (including phenoxy) is 1. The van der Waals surface area contributed by atoms with Gasteiger partial charge in [-0.3, -0.25) is 4.79 Å². The van der Waals surface area contributed by atoms with Crippen LogP contribution in [0.5, 0.6) is 5.75 Å². The summed E-state index contributed by atoms with van der Waals surface area (Å²) >= 11 is 0. The predicted octanol–water partition coefficient (Wildman–Crippen LogP) is 2.87. The van der Waals surface area contributed by atoms with Crippen molar-refractivity contribution in [1.29, 1.82) is 0 Å². The van der Waals surface area contributed by atoms with Crippen LogP contribution in [0.15, 0.2) is 53.5 Å². The maximum Gasteiger partial charge on any atom is 0.224 e. The van der Waals surface area contributed by atoms with E-state index < -0.39 is 0 Å². The Bertz CT molecular complexity index is 785. The lowest BCUT2D eigenvalue weighted by molar-refractivity contribution is -0.120. The standard InChI is InChI=1S/C21H27FN4O2.HI/c1-3-23-21(26-15-16-7-9-19(28-2)10-8-16)25-12-11-24-20(27)14-17-5-4-6-18(22)13-17;/h4-10,13H,3,11-12,14-15H2,1-2H3,(H,24,27)(H2,23,25,26);1H. The minimum absolute atomic E-state index is 0. The molecule has 0 aromatic heterocycles. The number of nitrogens with zero attached hydrogens (tertiary/aromatic N) is 1. The molecular formula is C21H28FIN4O2. The summed E-state index contributed by atoms with van der Waals surface area (Å²) in [5, 5.41) is 9.16. The fourth-order valence-corrected chi connectivity index (χ4v) is 2.52. The average Bonchev–Trinajstić information content (AvgIpc) is 2.69. The largest absolute Gasteiger partial charge is 0.497 e. The molecule has 3 N–H and O–H groups in total. The van der Waals surface area contributed by atoms with Gasteiger partial charge in [0.1, 0.15) is 11.6 Å². The van der Waals surface area contributed by atoms with E-state index in [-0.39, 0.29) is 42.1 Å². The van der Waals surface area contributed by atoms with Crippen molar-refractivity contribution in [1.82, 2.24) is 16.0 Å². The van der Waals surface area contributed by atoms with E-state index in [1.54, 1.807) is 19.2 Å². The van der Waals surface area contributed by atoms with Crippen molar-refractivity contribution in [2.24, 2.45) is 4.99 Å². The van der Waals surface area contributed by atoms with Gasteiger partial charge in [-0.25, -0.2) is 9.38 Å². The van der Waals surface area contributed by atoms with Crippen LogP contribution in [0.3, 0.4) is 0 Å². The fraction of sp³-hybridized carbons (Fsp3) is 0.333. The molecule has 8 heteroatoms. The second-order valence-corrected chi connectivity index (χ2v) is 6.13. The molecule has 0 heterocycles. The minimum Gasteiger partial charge on any atom is -0.497 e. The minimum atomic E-state index is -0.338. The Morgan fingerprint density at radius 2 is 1.76 bits per heavy atom. The van der Waals surface area contributed by atoms with Crippen LogP contribution in [-0.2, 0) is 17.8 Å². The lowest BCUT2D eigenvalue weighted by Crippen LogP contribution is -2.41. The summed E-state index contributed by atoms with van der Waals surface area (Å²) in [4.78, 5) is 16.5. The second kappa shape index (κ2) is 13.8. The Hall–Kier alpha value is -2.36. The van der Waals surface area contributed by atoms with Crippen molar-refractivity contribution in [3.05, 3.63) is 65.5 Å². The Morgan fingerprint density at radius 1 is 1.03 bits per heavy atom. The molecule has 0 spiro atoms. The number of amides is 1. The van der Waals surface area contributed by atoms with Crippen LogP contribution >= 0.6 is 24.0 Å². The third kappa shape index (κ3) is 9.60. The summed E-state index contributed by atoms with van der Waals surface area (Å²) in [5.74, 6) is 1.01. The highest BCUT2D eigenvalue weighted by Crippen LogP contribution is 2.11. The van der Waals surface area contributed by atoms with E-state index in [0.29, 0.717) is 31.2 Å². The summed E-state index contributed by atoms with van der Waals surface area (Å²) in [6.07, 6.45) is 0.156. The van der Waals surface area contributed by atoms with Gasteiger partial charge in [-0.05, 0) is 42.3 Å². The highest BCUT2D eigenvalue weighted by atomic mass is 127. The molecule has 0 saturated heterocycles. The number of benzene rings is 2. The van der Waals surface area contributed by atoms with E-state index in [4.69, 9.17) is 4.74 Å². The second-order valence-electron chi connectivity index (χ2n) is 6.13. The van der Waals surface area contributed by atoms with E-state index in [0.717, 1.165) is 17.9 Å². The predicted molar refractivity (Wildman–Crippen MR) is 124 cm³/mol. The van der Waals surface area contributed by atoms with E-state index >= 15 is 0 Å². The van der Waals surface area contributed by atoms with Gasteiger partial charge in [0.25, 0.3) is 0 Å². The van der Waals surface area contributed by atoms with E-state index in [1.165, 1.54) is 12.1 Å². The molecule has 0 aliphatic heterocycles. The first-order valence-corrected chi connectivity index (χ1v) is 9.27. The summed E-state index contributed by atoms with van der Waals surface area (Å²) in [5.41, 5.74) is 1.72. The number of carbonyl (C=O) groups excluding carboxylic acids is 1. The SMILES string of the molecule is CCNC(=NCc1ccc(OC)cc1)NCCNC(=O)Cc1cccc(F)c1.I. The van der Waals surface area contributed by atoms with E-state index in [1.807, 2.05) is 31.2 Å². The van der Waals surface area contributed by atoms with Gasteiger partial charge in [0.15, 0.2) is 5.96 Å². The molecule has 0 atom stereocenters. The molecule has 2 aromatic carbocycles. The number of rotatable bonds is 9. The number of halogens is 2. The number of hydrogen-bond donors (Lipinski definition) is 3. The summed E-state index contributed by atoms with van der Waals surface area (Å²) < 4.78 is 18.3. The molecule has 6 nitrogen and oxygen atoms in total. The van der Waals surface area contributed by atoms with Crippen LogP contribution in [0.4, 0.5) is 4.39 Å². The molecule has 0 fully saturated rings. The van der Waals surface area contributed by atoms with Crippen LogP contribution in [0.25, 0.3) is 0 Å². The monoisotopic (exact) mass is 514 g/mol. The molecule has 2 rings (SSSR count). The Balaban J connectivity index is 0.00000420. The zero-order valence-corrected chi connectivity index (χ0v) is 19.0. The number of guanidine groups is 1. The van der Waals surface area contributed by atoms with Crippen LogP contribution in [0, 0.1) is 5.82 Å². The smallest absolute Gasteiger partial charge is 0.224 e. The molecule has 2 aromatic rings. The van der Waals surface area contributed by atoms with Crippen molar-refractivity contribution >= 4 is 35.8 Å². The number of carbonyl (C=O) groups is 1. The van der Waals surface area contributed by atoms with Crippen LogP contribution in [0.1, 0.15) is 18.1 Å². The van der Waals surface area contributed by atoms with E-state index in [9.17, 15) is 9.18 Å². The molecule has 0 radical (unpaired) electrons. The molecule has 158 valence electrons. The lowest BCUT2D eigenvalue weighted by atomic mass is 10.1. The third-order valence-electron chi connectivity index (χ3n) is 3.92. The van der Waals surface area contributed by atoms with Gasteiger partial charge in [0.2, 0.25) is 5.91 Å². The van der Waals surface area contributed by atoms with Gasteiger partial charge in [-0.2, -0.15) is 0 Å². The molecule has 0 aliphatic rings. The Labute approximate surface area is 188 Å². The number of hydrogen-bond acceptors (Lipinski definition) is 3. The van der Waals surface area contributed by atoms with Gasteiger partial charge in [0, 0.05) is 19.6 Å². The van der Waals surface area contributed by atoms with Gasteiger partial charge < -0.3 is 20.7 Å². The maximum atomic E-state index is 13.2. The number of methoxy groups -OCH3 is 1. The van der Waals surface area contributed by atoms with Crippen molar-refractivity contribution in [3.63, 3.8) is 0 Å². The molecule has 0 saturated carbocycles. The summed E-state index contributed by atoms with van der Waals surface area (Å²) in [7, 11) is 1.64. The molecule has 29 heavy (non-hydrogen) atoms. The third-order valence-corrected chi connectivity index (χ3v) is 3.92. The first-order chi connectivity index (χ1) is 13.6. The fourth-order valence-electron chi connectivity index (χ4n) is 2.52. The van der Waals surface area contributed by atoms with Gasteiger partial charge in [0.05, 0.1) is 20.1 Å². The molecule has 0 aliphatic carbocycles. The molecule has 0 unspecified atom stereocenters. The van der Waals surface area contributed by atoms with E-state index in [2.05, 4.69) is 20.9 Å². The number of nitrogens with one attached hydrogen (secondary N) is 3. The molecule has 0 bridgehead atoms. The zero-order chi connectivity index (χ0) is 20.2. The van der Waals surface area contributed by atoms with Crippen LogP contribution in [-0.4, -0.2) is 38.6 Å². The first-order valence-electron chi connectivity index (χ1n) is 9.27. The van der Waals surface area contributed by atoms with Crippen molar-refractivity contribution in [3.8, 4) is 5.75 Å². The Kier molecular flexibility index (Phi) is 11.7. The Morgan fingerprint density at radius 3 is 2.41 bits per heavy atom. The van der Waals surface area contributed by atoms with Crippen LogP contribution < -0.4 is 20.7 Å². The lowest BCUT2D eigenvalue weighted by Gasteiger charge is -2.12. The quantitative estimate of drug-likeness (QED) is 0.208. The van der Waals surface area contributed by atoms with Crippen molar-refractivity contribution in [2.75, 3.05) is 26.7 Å². The molecular weight excluding hydrogens is 486 g/mol. The highest BCUT2D eigenvalue weighted by molar-refractivity contribution is 14.0. The first kappa shape index (κ1) is 24.7.